The Balaban J connectivity index is 1.37. The maximum atomic E-state index is 12.3. The summed E-state index contributed by atoms with van der Waals surface area (Å²) < 4.78 is 16.0. The predicted octanol–water partition coefficient (Wildman–Crippen LogP) is 6.04. The van der Waals surface area contributed by atoms with E-state index in [-0.39, 0.29) is 0 Å². The van der Waals surface area contributed by atoms with Crippen molar-refractivity contribution in [2.24, 2.45) is 0 Å². The van der Waals surface area contributed by atoms with E-state index in [0.29, 0.717) is 41.7 Å². The van der Waals surface area contributed by atoms with Gasteiger partial charge in [0.05, 0.1) is 30.5 Å². The lowest BCUT2D eigenvalue weighted by Gasteiger charge is -2.19. The number of hydrogen-bond donors (Lipinski definition) is 1. The summed E-state index contributed by atoms with van der Waals surface area (Å²) in [5.41, 5.74) is 4.25. The van der Waals surface area contributed by atoms with Crippen LogP contribution in [0.4, 0.5) is 4.79 Å². The van der Waals surface area contributed by atoms with Crippen molar-refractivity contribution in [3.05, 3.63) is 78.6 Å². The van der Waals surface area contributed by atoms with Crippen molar-refractivity contribution in [1.82, 2.24) is 15.3 Å². The summed E-state index contributed by atoms with van der Waals surface area (Å²) in [5, 5.41) is 3.38. The van der Waals surface area contributed by atoms with Gasteiger partial charge in [-0.1, -0.05) is 36.4 Å². The third-order valence-electron chi connectivity index (χ3n) is 5.64. The van der Waals surface area contributed by atoms with E-state index in [0.717, 1.165) is 22.4 Å². The van der Waals surface area contributed by atoms with Crippen LogP contribution in [0.3, 0.4) is 0 Å². The van der Waals surface area contributed by atoms with Crippen LogP contribution >= 0.6 is 0 Å². The average molecular weight is 514 g/mol. The number of alkyl carbamates (subject to hydrolysis) is 1. The molecule has 0 spiro atoms. The molecular weight excluding hydrogens is 482 g/mol. The van der Waals surface area contributed by atoms with Gasteiger partial charge in [-0.2, -0.15) is 0 Å². The quantitative estimate of drug-likeness (QED) is 0.226. The van der Waals surface area contributed by atoms with E-state index in [1.807, 2.05) is 69.3 Å². The van der Waals surface area contributed by atoms with Crippen molar-refractivity contribution in [1.29, 1.82) is 0 Å². The number of carbonyl (C=O) groups excluding carboxylic acids is 2. The fraction of sp³-hybridized carbons (Fsp3) is 0.267. The van der Waals surface area contributed by atoms with Gasteiger partial charge in [0.1, 0.15) is 11.4 Å². The minimum atomic E-state index is -0.512. The van der Waals surface area contributed by atoms with Crippen molar-refractivity contribution in [2.45, 2.75) is 32.8 Å². The van der Waals surface area contributed by atoms with Crippen LogP contribution in [-0.4, -0.2) is 47.9 Å². The third kappa shape index (κ3) is 6.85. The first-order chi connectivity index (χ1) is 18.2. The predicted molar refractivity (Wildman–Crippen MR) is 146 cm³/mol. The van der Waals surface area contributed by atoms with Gasteiger partial charge >= 0.3 is 12.1 Å². The molecule has 4 aromatic rings. The van der Waals surface area contributed by atoms with Crippen molar-refractivity contribution >= 4 is 23.0 Å². The minimum absolute atomic E-state index is 0.425. The molecule has 2 heterocycles. The van der Waals surface area contributed by atoms with Crippen LogP contribution in [0.1, 0.15) is 37.6 Å². The molecule has 8 heteroatoms. The van der Waals surface area contributed by atoms with E-state index in [4.69, 9.17) is 19.2 Å². The Morgan fingerprint density at radius 1 is 0.921 bits per heavy atom. The van der Waals surface area contributed by atoms with Crippen LogP contribution in [-0.2, 0) is 9.47 Å². The van der Waals surface area contributed by atoms with Gasteiger partial charge in [0.25, 0.3) is 0 Å². The average Bonchev–Trinajstić information content (AvgIpc) is 2.91. The summed E-state index contributed by atoms with van der Waals surface area (Å²) in [7, 11) is 1.36. The number of fused-ring (bicyclic) bond motifs is 1. The second kappa shape index (κ2) is 11.7. The van der Waals surface area contributed by atoms with Crippen LogP contribution in [0.25, 0.3) is 33.3 Å². The highest BCUT2D eigenvalue weighted by Crippen LogP contribution is 2.28. The number of nitrogens with zero attached hydrogens (tertiary/aromatic N) is 2. The zero-order valence-electron chi connectivity index (χ0n) is 22.0. The van der Waals surface area contributed by atoms with Gasteiger partial charge in [-0.25, -0.2) is 14.6 Å². The number of benzene rings is 2. The highest BCUT2D eigenvalue weighted by molar-refractivity contribution is 6.04. The Labute approximate surface area is 222 Å². The molecule has 1 amide bonds. The summed E-state index contributed by atoms with van der Waals surface area (Å²) in [6.07, 6.45) is 3.51. The molecule has 0 aliphatic heterocycles. The number of hydrogen-bond acceptors (Lipinski definition) is 7. The first kappa shape index (κ1) is 26.6. The first-order valence-corrected chi connectivity index (χ1v) is 12.4. The molecule has 0 radical (unpaired) electrons. The van der Waals surface area contributed by atoms with Gasteiger partial charge in [-0.15, -0.1) is 0 Å². The lowest BCUT2D eigenvalue weighted by molar-refractivity contribution is 0.0524. The van der Waals surface area contributed by atoms with E-state index >= 15 is 0 Å². The molecule has 4 rings (SSSR count). The smallest absolute Gasteiger partial charge is 0.407 e. The Kier molecular flexibility index (Phi) is 8.21. The van der Waals surface area contributed by atoms with Crippen molar-refractivity contribution in [3.8, 4) is 28.1 Å². The molecular formula is C30H31N3O5. The lowest BCUT2D eigenvalue weighted by atomic mass is 10.0. The molecule has 0 saturated carbocycles. The normalized spacial score (nSPS) is 11.2. The number of carbonyl (C=O) groups is 2. The van der Waals surface area contributed by atoms with Gasteiger partial charge in [0.2, 0.25) is 0 Å². The fourth-order valence-corrected chi connectivity index (χ4v) is 3.84. The summed E-state index contributed by atoms with van der Waals surface area (Å²) in [6, 6.07) is 19.4. The molecule has 0 aliphatic carbocycles. The molecule has 0 unspecified atom stereocenters. The second-order valence-corrected chi connectivity index (χ2v) is 9.67. The molecule has 1 N–H and O–H groups in total. The summed E-state index contributed by atoms with van der Waals surface area (Å²) in [6.45, 7) is 6.44. The number of rotatable bonds is 8. The van der Waals surface area contributed by atoms with Gasteiger partial charge in [0, 0.05) is 29.9 Å². The fourth-order valence-electron chi connectivity index (χ4n) is 3.84. The number of aromatic nitrogens is 2. The molecule has 2 aromatic carbocycles. The number of ether oxygens (including phenoxy) is 3. The SMILES string of the molecule is COC(=O)c1cc(-c2ccc(-c3ccc(OCCCNC(=O)OC(C)(C)C)cc3)cc2)nc2ccncc12. The maximum Gasteiger partial charge on any atom is 0.407 e. The Bertz CT molecular complexity index is 1410. The monoisotopic (exact) mass is 513 g/mol. The largest absolute Gasteiger partial charge is 0.494 e. The molecule has 0 fully saturated rings. The van der Waals surface area contributed by atoms with Crippen LogP contribution in [0.2, 0.25) is 0 Å². The van der Waals surface area contributed by atoms with Crippen molar-refractivity contribution in [2.75, 3.05) is 20.3 Å². The van der Waals surface area contributed by atoms with Gasteiger partial charge in [-0.3, -0.25) is 4.98 Å². The number of esters is 1. The maximum absolute atomic E-state index is 12.3. The van der Waals surface area contributed by atoms with Gasteiger partial charge < -0.3 is 19.5 Å². The van der Waals surface area contributed by atoms with E-state index in [9.17, 15) is 9.59 Å². The first-order valence-electron chi connectivity index (χ1n) is 12.4. The second-order valence-electron chi connectivity index (χ2n) is 9.67. The Morgan fingerprint density at radius 2 is 1.58 bits per heavy atom. The van der Waals surface area contributed by atoms with Crippen molar-refractivity contribution in [3.63, 3.8) is 0 Å². The third-order valence-corrected chi connectivity index (χ3v) is 5.64. The van der Waals surface area contributed by atoms with E-state index in [1.54, 1.807) is 24.5 Å². The minimum Gasteiger partial charge on any atom is -0.494 e. The van der Waals surface area contributed by atoms with E-state index in [1.165, 1.54) is 7.11 Å². The Hall–Kier alpha value is -4.46. The van der Waals surface area contributed by atoms with Gasteiger partial charge in [0.15, 0.2) is 0 Å². The summed E-state index contributed by atoms with van der Waals surface area (Å²) in [4.78, 5) is 32.8. The zero-order valence-corrected chi connectivity index (χ0v) is 22.0. The van der Waals surface area contributed by atoms with Crippen molar-refractivity contribution < 1.29 is 23.8 Å². The molecule has 8 nitrogen and oxygen atoms in total. The molecule has 196 valence electrons. The van der Waals surface area contributed by atoms with Crippen LogP contribution in [0.15, 0.2) is 73.1 Å². The zero-order chi connectivity index (χ0) is 27.1. The number of amides is 1. The number of methoxy groups -OCH3 is 1. The van der Waals surface area contributed by atoms with Crippen LogP contribution in [0, 0.1) is 0 Å². The van der Waals surface area contributed by atoms with E-state index < -0.39 is 17.7 Å². The number of pyridine rings is 2. The van der Waals surface area contributed by atoms with Gasteiger partial charge in [-0.05, 0) is 62.6 Å². The van der Waals surface area contributed by atoms with Crippen LogP contribution < -0.4 is 10.1 Å². The van der Waals surface area contributed by atoms with Crippen LogP contribution in [0.5, 0.6) is 5.75 Å². The molecule has 0 bridgehead atoms. The molecule has 2 aromatic heterocycles. The summed E-state index contributed by atoms with van der Waals surface area (Å²) in [5.74, 6) is 0.331. The highest BCUT2D eigenvalue weighted by Gasteiger charge is 2.16. The topological polar surface area (TPSA) is 99.6 Å². The lowest BCUT2D eigenvalue weighted by Crippen LogP contribution is -2.33. The molecule has 0 saturated heterocycles. The molecule has 0 aliphatic rings. The summed E-state index contributed by atoms with van der Waals surface area (Å²) >= 11 is 0. The molecule has 38 heavy (non-hydrogen) atoms. The molecule has 0 atom stereocenters. The number of nitrogens with one attached hydrogen (secondary N) is 1. The highest BCUT2D eigenvalue weighted by atomic mass is 16.6. The van der Waals surface area contributed by atoms with E-state index in [2.05, 4.69) is 10.3 Å². The standard InChI is InChI=1S/C30H31N3O5/c1-30(2,3)38-29(35)32-15-5-17-37-23-12-10-21(11-13-23)20-6-8-22(9-7-20)27-18-24(28(34)36-4)25-19-31-16-14-26(25)33-27/h6-14,16,18-19H,5,15,17H2,1-4H3,(H,32,35). The Morgan fingerprint density at radius 3 is 2.24 bits per heavy atom.